The summed E-state index contributed by atoms with van der Waals surface area (Å²) in [5.41, 5.74) is 4.48. The predicted molar refractivity (Wildman–Crippen MR) is 130 cm³/mol. The van der Waals surface area contributed by atoms with Crippen molar-refractivity contribution >= 4 is 38.9 Å². The summed E-state index contributed by atoms with van der Waals surface area (Å²) in [5, 5.41) is 12.5. The molecule has 0 radical (unpaired) electrons. The molecule has 6 nitrogen and oxygen atoms in total. The van der Waals surface area contributed by atoms with Crippen molar-refractivity contribution in [1.29, 1.82) is 0 Å². The minimum Gasteiger partial charge on any atom is -0.496 e. The highest BCUT2D eigenvalue weighted by Crippen LogP contribution is 2.33. The van der Waals surface area contributed by atoms with Crippen LogP contribution in [0.1, 0.15) is 5.56 Å². The molecule has 0 saturated heterocycles. The highest BCUT2D eigenvalue weighted by Gasteiger charge is 2.13. The fraction of sp³-hybridized carbons (Fsp3) is 0.0400. The van der Waals surface area contributed by atoms with E-state index in [1.165, 1.54) is 11.3 Å². The monoisotopic (exact) mass is 437 g/mol. The van der Waals surface area contributed by atoms with Crippen LogP contribution in [-0.4, -0.2) is 22.9 Å². The van der Waals surface area contributed by atoms with E-state index in [-0.39, 0.29) is 0 Å². The van der Waals surface area contributed by atoms with Crippen molar-refractivity contribution in [2.75, 3.05) is 7.11 Å². The molecule has 2 heterocycles. The number of azo groups is 1. The Morgan fingerprint density at radius 1 is 0.938 bits per heavy atom. The van der Waals surface area contributed by atoms with Crippen LogP contribution < -0.4 is 4.74 Å². The minimum absolute atomic E-state index is 0.436. The lowest BCUT2D eigenvalue weighted by Gasteiger charge is -2.06. The lowest BCUT2D eigenvalue weighted by Crippen LogP contribution is -1.99. The van der Waals surface area contributed by atoms with Gasteiger partial charge in [0.25, 0.3) is 0 Å². The van der Waals surface area contributed by atoms with E-state index < -0.39 is 0 Å². The predicted octanol–water partition coefficient (Wildman–Crippen LogP) is 7.16. The van der Waals surface area contributed by atoms with Gasteiger partial charge in [-0.2, -0.15) is 4.99 Å². The number of thiazole rings is 1. The molecule has 7 heteroatoms. The van der Waals surface area contributed by atoms with E-state index in [1.807, 2.05) is 84.4 Å². The SMILES string of the molecule is COc1ccccc1/C(N=Nc1ccccc1)=N\c1nc(-c2c[nH]c3ccccc23)cs1. The number of aliphatic imine (C=N–C) groups is 1. The van der Waals surface area contributed by atoms with Gasteiger partial charge in [-0.3, -0.25) is 0 Å². The Bertz CT molecular complexity index is 1420. The third-order valence-corrected chi connectivity index (χ3v) is 5.66. The van der Waals surface area contributed by atoms with Crippen molar-refractivity contribution in [2.24, 2.45) is 15.2 Å². The zero-order chi connectivity index (χ0) is 21.8. The summed E-state index contributed by atoms with van der Waals surface area (Å²) in [6, 6.07) is 25.3. The second kappa shape index (κ2) is 8.95. The van der Waals surface area contributed by atoms with Gasteiger partial charge in [0.15, 0.2) is 5.84 Å². The zero-order valence-electron chi connectivity index (χ0n) is 17.3. The molecule has 5 aromatic rings. The summed E-state index contributed by atoms with van der Waals surface area (Å²) >= 11 is 1.46. The Balaban J connectivity index is 1.56. The summed E-state index contributed by atoms with van der Waals surface area (Å²) in [7, 11) is 1.63. The minimum atomic E-state index is 0.436. The van der Waals surface area contributed by atoms with Crippen molar-refractivity contribution in [3.8, 4) is 17.0 Å². The van der Waals surface area contributed by atoms with E-state index >= 15 is 0 Å². The van der Waals surface area contributed by atoms with Gasteiger partial charge in [-0.05, 0) is 30.3 Å². The molecule has 0 aliphatic heterocycles. The molecule has 2 aromatic heterocycles. The molecule has 0 fully saturated rings. The molecule has 156 valence electrons. The number of para-hydroxylation sites is 2. The normalized spacial score (nSPS) is 12.0. The summed E-state index contributed by atoms with van der Waals surface area (Å²) in [4.78, 5) is 12.8. The number of hydrogen-bond acceptors (Lipinski definition) is 5. The Morgan fingerprint density at radius 2 is 1.72 bits per heavy atom. The average Bonchev–Trinajstić information content (AvgIpc) is 3.49. The highest BCUT2D eigenvalue weighted by molar-refractivity contribution is 7.13. The van der Waals surface area contributed by atoms with Gasteiger partial charge in [0.2, 0.25) is 5.13 Å². The Labute approximate surface area is 189 Å². The number of aromatic nitrogens is 2. The summed E-state index contributed by atoms with van der Waals surface area (Å²) < 4.78 is 5.52. The van der Waals surface area contributed by atoms with Crippen LogP contribution in [0.15, 0.2) is 106 Å². The molecule has 5 rings (SSSR count). The molecule has 0 atom stereocenters. The molecule has 0 aliphatic rings. The van der Waals surface area contributed by atoms with Gasteiger partial charge >= 0.3 is 0 Å². The summed E-state index contributed by atoms with van der Waals surface area (Å²) in [6.07, 6.45) is 1.98. The first kappa shape index (κ1) is 19.8. The maximum absolute atomic E-state index is 5.52. The van der Waals surface area contributed by atoms with Gasteiger partial charge in [0, 0.05) is 28.0 Å². The first-order chi connectivity index (χ1) is 15.8. The molecule has 0 amide bonds. The van der Waals surface area contributed by atoms with E-state index in [2.05, 4.69) is 21.3 Å². The van der Waals surface area contributed by atoms with Gasteiger partial charge in [-0.25, -0.2) is 4.98 Å². The second-order valence-corrected chi connectivity index (χ2v) is 7.77. The van der Waals surface area contributed by atoms with Crippen LogP contribution in [0.4, 0.5) is 10.8 Å². The van der Waals surface area contributed by atoms with Crippen LogP contribution in [0, 0.1) is 0 Å². The fourth-order valence-electron chi connectivity index (χ4n) is 3.38. The van der Waals surface area contributed by atoms with Gasteiger partial charge < -0.3 is 9.72 Å². The number of nitrogens with one attached hydrogen (secondary N) is 1. The van der Waals surface area contributed by atoms with Crippen LogP contribution in [0.3, 0.4) is 0 Å². The van der Waals surface area contributed by atoms with E-state index in [9.17, 15) is 0 Å². The van der Waals surface area contributed by atoms with E-state index in [1.54, 1.807) is 7.11 Å². The smallest absolute Gasteiger partial charge is 0.211 e. The van der Waals surface area contributed by atoms with Gasteiger partial charge in [-0.1, -0.05) is 48.5 Å². The lowest BCUT2D eigenvalue weighted by molar-refractivity contribution is 0.414. The molecule has 0 spiro atoms. The number of methoxy groups -OCH3 is 1. The third-order valence-electron chi connectivity index (χ3n) is 4.92. The van der Waals surface area contributed by atoms with Crippen molar-refractivity contribution in [3.05, 3.63) is 96.0 Å². The Hall–Kier alpha value is -4.10. The number of ether oxygens (including phenoxy) is 1. The quantitative estimate of drug-likeness (QED) is 0.180. The number of hydrogen-bond donors (Lipinski definition) is 1. The van der Waals surface area contributed by atoms with E-state index in [0.29, 0.717) is 16.7 Å². The van der Waals surface area contributed by atoms with Crippen molar-refractivity contribution in [3.63, 3.8) is 0 Å². The summed E-state index contributed by atoms with van der Waals surface area (Å²) in [6.45, 7) is 0. The maximum atomic E-state index is 5.52. The largest absolute Gasteiger partial charge is 0.496 e. The molecule has 0 aliphatic carbocycles. The number of benzene rings is 3. The molecular formula is C25H19N5OS. The third kappa shape index (κ3) is 4.06. The molecule has 0 saturated carbocycles. The number of nitrogens with zero attached hydrogens (tertiary/aromatic N) is 4. The van der Waals surface area contributed by atoms with Crippen LogP contribution in [0.25, 0.3) is 22.2 Å². The number of fused-ring (bicyclic) bond motifs is 1. The highest BCUT2D eigenvalue weighted by atomic mass is 32.1. The van der Waals surface area contributed by atoms with Crippen LogP contribution in [-0.2, 0) is 0 Å². The molecule has 0 bridgehead atoms. The zero-order valence-corrected chi connectivity index (χ0v) is 18.1. The molecule has 1 N–H and O–H groups in total. The lowest BCUT2D eigenvalue weighted by atomic mass is 10.1. The summed E-state index contributed by atoms with van der Waals surface area (Å²) in [5.74, 6) is 1.11. The number of rotatable bonds is 5. The first-order valence-corrected chi connectivity index (χ1v) is 10.9. The number of amidine groups is 1. The first-order valence-electron chi connectivity index (χ1n) is 10.0. The van der Waals surface area contributed by atoms with E-state index in [0.717, 1.165) is 33.4 Å². The van der Waals surface area contributed by atoms with Crippen LogP contribution >= 0.6 is 11.3 Å². The molecule has 32 heavy (non-hydrogen) atoms. The van der Waals surface area contributed by atoms with Gasteiger partial charge in [-0.15, -0.1) is 21.6 Å². The molecule has 3 aromatic carbocycles. The number of aromatic amines is 1. The average molecular weight is 438 g/mol. The van der Waals surface area contributed by atoms with Crippen molar-refractivity contribution in [2.45, 2.75) is 0 Å². The van der Waals surface area contributed by atoms with Crippen molar-refractivity contribution < 1.29 is 4.74 Å². The van der Waals surface area contributed by atoms with E-state index in [4.69, 9.17) is 14.7 Å². The number of H-pyrrole nitrogens is 1. The fourth-order valence-corrected chi connectivity index (χ4v) is 4.07. The molecular weight excluding hydrogens is 418 g/mol. The Morgan fingerprint density at radius 3 is 2.59 bits per heavy atom. The van der Waals surface area contributed by atoms with Crippen molar-refractivity contribution in [1.82, 2.24) is 9.97 Å². The van der Waals surface area contributed by atoms with Crippen LogP contribution in [0.5, 0.6) is 5.75 Å². The topological polar surface area (TPSA) is 75.0 Å². The van der Waals surface area contributed by atoms with Crippen LogP contribution in [0.2, 0.25) is 0 Å². The van der Waals surface area contributed by atoms with Gasteiger partial charge in [0.05, 0.1) is 24.1 Å². The Kier molecular flexibility index (Phi) is 5.55. The van der Waals surface area contributed by atoms with Gasteiger partial charge in [0.1, 0.15) is 5.75 Å². The maximum Gasteiger partial charge on any atom is 0.211 e. The molecule has 0 unspecified atom stereocenters. The standard InChI is InChI=1S/C25H19N5OS/c1-31-23-14-8-6-12-19(23)24(30-29-17-9-3-2-4-10-17)28-25-27-22(16-32-25)20-15-26-21-13-7-5-11-18(20)21/h2-16,26H,1H3/b28-24+,30-29?. The second-order valence-electron chi connectivity index (χ2n) is 6.93.